The molecule has 0 fully saturated rings. The first-order chi connectivity index (χ1) is 12.3. The SMILES string of the molecule is CNCc1cccc(-c2cnc(NCc3ccc(OC)cc3)nc2)c1. The molecule has 0 amide bonds. The van der Waals surface area contributed by atoms with Crippen LogP contribution in [0.3, 0.4) is 0 Å². The van der Waals surface area contributed by atoms with E-state index in [1.807, 2.05) is 43.7 Å². The Bertz CT molecular complexity index is 801. The number of aromatic nitrogens is 2. The molecule has 128 valence electrons. The molecule has 0 unspecified atom stereocenters. The van der Waals surface area contributed by atoms with Crippen molar-refractivity contribution in [2.24, 2.45) is 0 Å². The molecule has 0 aliphatic rings. The van der Waals surface area contributed by atoms with Crippen LogP contribution in [-0.4, -0.2) is 24.1 Å². The first-order valence-corrected chi connectivity index (χ1v) is 8.21. The molecule has 0 bridgehead atoms. The van der Waals surface area contributed by atoms with Gasteiger partial charge >= 0.3 is 0 Å². The summed E-state index contributed by atoms with van der Waals surface area (Å²) in [5.41, 5.74) is 4.51. The lowest BCUT2D eigenvalue weighted by molar-refractivity contribution is 0.414. The first-order valence-electron chi connectivity index (χ1n) is 8.21. The maximum atomic E-state index is 5.16. The fraction of sp³-hybridized carbons (Fsp3) is 0.200. The zero-order valence-corrected chi connectivity index (χ0v) is 14.5. The Balaban J connectivity index is 1.64. The normalized spacial score (nSPS) is 10.5. The standard InChI is InChI=1S/C20H22N4O/c1-21-11-16-4-3-5-17(10-16)18-13-23-20(24-14-18)22-12-15-6-8-19(25-2)9-7-15/h3-10,13-14,21H,11-12H2,1-2H3,(H,22,23,24). The van der Waals surface area contributed by atoms with Gasteiger partial charge in [0, 0.05) is 31.0 Å². The minimum atomic E-state index is 0.617. The summed E-state index contributed by atoms with van der Waals surface area (Å²) in [6, 6.07) is 16.3. The molecule has 3 aromatic rings. The maximum absolute atomic E-state index is 5.16. The van der Waals surface area contributed by atoms with Crippen LogP contribution in [0.2, 0.25) is 0 Å². The Morgan fingerprint density at radius 3 is 2.32 bits per heavy atom. The highest BCUT2D eigenvalue weighted by Gasteiger charge is 2.02. The Labute approximate surface area is 148 Å². The van der Waals surface area contributed by atoms with Crippen molar-refractivity contribution in [2.45, 2.75) is 13.1 Å². The average molecular weight is 334 g/mol. The van der Waals surface area contributed by atoms with E-state index in [9.17, 15) is 0 Å². The molecule has 0 aliphatic heterocycles. The van der Waals surface area contributed by atoms with E-state index in [0.29, 0.717) is 12.5 Å². The predicted molar refractivity (Wildman–Crippen MR) is 101 cm³/mol. The number of methoxy groups -OCH3 is 1. The summed E-state index contributed by atoms with van der Waals surface area (Å²) in [6.07, 6.45) is 3.70. The van der Waals surface area contributed by atoms with Gasteiger partial charge in [-0.15, -0.1) is 0 Å². The number of nitrogens with one attached hydrogen (secondary N) is 2. The summed E-state index contributed by atoms with van der Waals surface area (Å²) in [4.78, 5) is 8.83. The van der Waals surface area contributed by atoms with Crippen LogP contribution >= 0.6 is 0 Å². The van der Waals surface area contributed by atoms with Gasteiger partial charge < -0.3 is 15.4 Å². The van der Waals surface area contributed by atoms with E-state index in [-0.39, 0.29) is 0 Å². The predicted octanol–water partition coefficient (Wildman–Crippen LogP) is 3.48. The van der Waals surface area contributed by atoms with Crippen molar-refractivity contribution in [3.8, 4) is 16.9 Å². The molecule has 5 heteroatoms. The van der Waals surface area contributed by atoms with Gasteiger partial charge in [0.05, 0.1) is 7.11 Å². The van der Waals surface area contributed by atoms with Gasteiger partial charge in [-0.05, 0) is 41.9 Å². The fourth-order valence-electron chi connectivity index (χ4n) is 2.56. The Morgan fingerprint density at radius 1 is 0.880 bits per heavy atom. The highest BCUT2D eigenvalue weighted by molar-refractivity contribution is 5.62. The number of benzene rings is 2. The number of hydrogen-bond donors (Lipinski definition) is 2. The molecule has 0 atom stereocenters. The van der Waals surface area contributed by atoms with E-state index >= 15 is 0 Å². The second-order valence-electron chi connectivity index (χ2n) is 5.73. The fourth-order valence-corrected chi connectivity index (χ4v) is 2.56. The van der Waals surface area contributed by atoms with Gasteiger partial charge in [0.2, 0.25) is 5.95 Å². The van der Waals surface area contributed by atoms with E-state index in [4.69, 9.17) is 4.74 Å². The van der Waals surface area contributed by atoms with Crippen LogP contribution in [0, 0.1) is 0 Å². The third kappa shape index (κ3) is 4.55. The van der Waals surface area contributed by atoms with Crippen LogP contribution in [0.15, 0.2) is 60.9 Å². The van der Waals surface area contributed by atoms with Crippen molar-refractivity contribution in [3.63, 3.8) is 0 Å². The minimum Gasteiger partial charge on any atom is -0.497 e. The van der Waals surface area contributed by atoms with Crippen LogP contribution < -0.4 is 15.4 Å². The van der Waals surface area contributed by atoms with Crippen LogP contribution in [0.1, 0.15) is 11.1 Å². The molecule has 0 saturated heterocycles. The number of anilines is 1. The topological polar surface area (TPSA) is 59.1 Å². The van der Waals surface area contributed by atoms with E-state index in [1.165, 1.54) is 5.56 Å². The van der Waals surface area contributed by atoms with Crippen LogP contribution in [-0.2, 0) is 13.1 Å². The van der Waals surface area contributed by atoms with Crippen LogP contribution in [0.25, 0.3) is 11.1 Å². The monoisotopic (exact) mass is 334 g/mol. The largest absolute Gasteiger partial charge is 0.497 e. The van der Waals surface area contributed by atoms with Gasteiger partial charge in [0.15, 0.2) is 0 Å². The minimum absolute atomic E-state index is 0.617. The molecular weight excluding hydrogens is 312 g/mol. The molecule has 0 spiro atoms. The summed E-state index contributed by atoms with van der Waals surface area (Å²) >= 11 is 0. The number of rotatable bonds is 7. The summed E-state index contributed by atoms with van der Waals surface area (Å²) < 4.78 is 5.16. The summed E-state index contributed by atoms with van der Waals surface area (Å²) in [5.74, 6) is 1.47. The summed E-state index contributed by atoms with van der Waals surface area (Å²) in [7, 11) is 3.61. The molecule has 1 aromatic heterocycles. The maximum Gasteiger partial charge on any atom is 0.222 e. The van der Waals surface area contributed by atoms with E-state index < -0.39 is 0 Å². The second-order valence-corrected chi connectivity index (χ2v) is 5.73. The molecule has 0 aliphatic carbocycles. The van der Waals surface area contributed by atoms with E-state index in [2.05, 4.69) is 44.9 Å². The quantitative estimate of drug-likeness (QED) is 0.693. The number of ether oxygens (including phenoxy) is 1. The molecular formula is C20H22N4O. The molecule has 2 N–H and O–H groups in total. The van der Waals surface area contributed by atoms with Gasteiger partial charge in [-0.3, -0.25) is 0 Å². The van der Waals surface area contributed by atoms with Crippen LogP contribution in [0.4, 0.5) is 5.95 Å². The zero-order valence-electron chi connectivity index (χ0n) is 14.5. The highest BCUT2D eigenvalue weighted by Crippen LogP contribution is 2.20. The van der Waals surface area contributed by atoms with Gasteiger partial charge in [-0.2, -0.15) is 0 Å². The lowest BCUT2D eigenvalue weighted by Gasteiger charge is -2.08. The average Bonchev–Trinajstić information content (AvgIpc) is 2.68. The first kappa shape index (κ1) is 16.9. The van der Waals surface area contributed by atoms with Gasteiger partial charge in [0.1, 0.15) is 5.75 Å². The molecule has 1 heterocycles. The van der Waals surface area contributed by atoms with Crippen molar-refractivity contribution in [3.05, 3.63) is 72.1 Å². The van der Waals surface area contributed by atoms with Crippen molar-refractivity contribution in [2.75, 3.05) is 19.5 Å². The summed E-state index contributed by atoms with van der Waals surface area (Å²) in [5, 5.41) is 6.40. The Morgan fingerprint density at radius 2 is 1.64 bits per heavy atom. The number of hydrogen-bond acceptors (Lipinski definition) is 5. The third-order valence-corrected chi connectivity index (χ3v) is 3.90. The highest BCUT2D eigenvalue weighted by atomic mass is 16.5. The lowest BCUT2D eigenvalue weighted by Crippen LogP contribution is -2.05. The second kappa shape index (κ2) is 8.26. The van der Waals surface area contributed by atoms with Gasteiger partial charge in [-0.1, -0.05) is 30.3 Å². The molecule has 5 nitrogen and oxygen atoms in total. The lowest BCUT2D eigenvalue weighted by atomic mass is 10.1. The van der Waals surface area contributed by atoms with E-state index in [1.54, 1.807) is 7.11 Å². The van der Waals surface area contributed by atoms with Crippen LogP contribution in [0.5, 0.6) is 5.75 Å². The molecule has 0 radical (unpaired) electrons. The van der Waals surface area contributed by atoms with Crippen molar-refractivity contribution >= 4 is 5.95 Å². The molecule has 2 aromatic carbocycles. The van der Waals surface area contributed by atoms with E-state index in [0.717, 1.165) is 29.0 Å². The third-order valence-electron chi connectivity index (χ3n) is 3.90. The van der Waals surface area contributed by atoms with Gasteiger partial charge in [0.25, 0.3) is 0 Å². The summed E-state index contributed by atoms with van der Waals surface area (Å²) in [6.45, 7) is 1.51. The molecule has 25 heavy (non-hydrogen) atoms. The van der Waals surface area contributed by atoms with Gasteiger partial charge in [-0.25, -0.2) is 9.97 Å². The van der Waals surface area contributed by atoms with Crippen molar-refractivity contribution in [1.29, 1.82) is 0 Å². The zero-order chi connectivity index (χ0) is 17.5. The molecule has 3 rings (SSSR count). The Hall–Kier alpha value is -2.92. The smallest absolute Gasteiger partial charge is 0.222 e. The van der Waals surface area contributed by atoms with Crippen molar-refractivity contribution < 1.29 is 4.74 Å². The number of nitrogens with zero attached hydrogens (tertiary/aromatic N) is 2. The molecule has 0 saturated carbocycles. The van der Waals surface area contributed by atoms with Crippen molar-refractivity contribution in [1.82, 2.24) is 15.3 Å². The Kier molecular flexibility index (Phi) is 5.59.